The lowest BCUT2D eigenvalue weighted by Gasteiger charge is -2.25. The Morgan fingerprint density at radius 1 is 1.39 bits per heavy atom. The van der Waals surface area contributed by atoms with E-state index < -0.39 is 0 Å². The first-order valence-electron chi connectivity index (χ1n) is 8.07. The third kappa shape index (κ3) is 3.25. The zero-order valence-corrected chi connectivity index (χ0v) is 13.5. The Morgan fingerprint density at radius 3 is 2.96 bits per heavy atom. The van der Waals surface area contributed by atoms with Gasteiger partial charge >= 0.3 is 0 Å². The Kier molecular flexibility index (Phi) is 4.41. The molecule has 2 aliphatic heterocycles. The summed E-state index contributed by atoms with van der Waals surface area (Å²) in [6, 6.07) is 5.35. The van der Waals surface area contributed by atoms with Gasteiger partial charge in [-0.1, -0.05) is 13.0 Å². The first-order valence-corrected chi connectivity index (χ1v) is 8.07. The third-order valence-electron chi connectivity index (χ3n) is 4.42. The van der Waals surface area contributed by atoms with E-state index >= 15 is 0 Å². The van der Waals surface area contributed by atoms with Gasteiger partial charge in [0.1, 0.15) is 6.04 Å². The first kappa shape index (κ1) is 15.6. The van der Waals surface area contributed by atoms with Crippen molar-refractivity contribution < 1.29 is 19.1 Å². The highest BCUT2D eigenvalue weighted by Gasteiger charge is 2.36. The minimum atomic E-state index is -0.387. The van der Waals surface area contributed by atoms with Crippen molar-refractivity contribution in [2.75, 3.05) is 6.79 Å². The highest BCUT2D eigenvalue weighted by atomic mass is 16.7. The predicted octanol–water partition coefficient (Wildman–Crippen LogP) is 1.82. The molecule has 6 nitrogen and oxygen atoms in total. The van der Waals surface area contributed by atoms with Gasteiger partial charge in [0.2, 0.25) is 18.6 Å². The van der Waals surface area contributed by atoms with Crippen molar-refractivity contribution in [3.05, 3.63) is 23.8 Å². The van der Waals surface area contributed by atoms with E-state index in [-0.39, 0.29) is 30.7 Å². The summed E-state index contributed by atoms with van der Waals surface area (Å²) >= 11 is 0. The minimum absolute atomic E-state index is 0.0203. The topological polar surface area (TPSA) is 67.9 Å². The number of hydrogen-bond donors (Lipinski definition) is 1. The summed E-state index contributed by atoms with van der Waals surface area (Å²) in [6.07, 6.45) is 1.86. The number of amides is 2. The van der Waals surface area contributed by atoms with Gasteiger partial charge < -0.3 is 19.7 Å². The maximum Gasteiger partial charge on any atom is 0.243 e. The van der Waals surface area contributed by atoms with Crippen molar-refractivity contribution in [1.82, 2.24) is 10.2 Å². The smallest absolute Gasteiger partial charge is 0.243 e. The lowest BCUT2D eigenvalue weighted by Crippen LogP contribution is -2.46. The van der Waals surface area contributed by atoms with Gasteiger partial charge in [-0.15, -0.1) is 0 Å². The van der Waals surface area contributed by atoms with E-state index in [1.165, 1.54) is 0 Å². The highest BCUT2D eigenvalue weighted by molar-refractivity contribution is 5.91. The van der Waals surface area contributed by atoms with Crippen molar-refractivity contribution in [3.63, 3.8) is 0 Å². The normalized spacial score (nSPS) is 20.7. The molecule has 2 atom stereocenters. The third-order valence-corrected chi connectivity index (χ3v) is 4.42. The van der Waals surface area contributed by atoms with Crippen LogP contribution in [0.2, 0.25) is 0 Å². The molecule has 0 saturated carbocycles. The fourth-order valence-corrected chi connectivity index (χ4v) is 2.88. The van der Waals surface area contributed by atoms with Gasteiger partial charge in [-0.3, -0.25) is 9.59 Å². The van der Waals surface area contributed by atoms with Crippen LogP contribution in [0, 0.1) is 0 Å². The zero-order valence-electron chi connectivity index (χ0n) is 13.5. The van der Waals surface area contributed by atoms with Crippen LogP contribution in [0.5, 0.6) is 11.5 Å². The van der Waals surface area contributed by atoms with E-state index in [0.29, 0.717) is 30.9 Å². The maximum atomic E-state index is 12.4. The Bertz CT molecular complexity index is 617. The van der Waals surface area contributed by atoms with Crippen LogP contribution in [0.4, 0.5) is 0 Å². The molecular weight excluding hydrogens is 296 g/mol. The number of rotatable bonds is 5. The minimum Gasteiger partial charge on any atom is -0.454 e. The Labute approximate surface area is 135 Å². The first-order chi connectivity index (χ1) is 11.1. The SMILES string of the molecule is CC[C@@H](C)NC(=O)[C@@H]1CCC(=O)N1Cc1ccc2c(c1)OCO2. The molecule has 2 aliphatic rings. The van der Waals surface area contributed by atoms with E-state index in [4.69, 9.17) is 9.47 Å². The van der Waals surface area contributed by atoms with Gasteiger partial charge in [0.05, 0.1) is 0 Å². The molecule has 124 valence electrons. The molecule has 0 unspecified atom stereocenters. The summed E-state index contributed by atoms with van der Waals surface area (Å²) in [4.78, 5) is 26.2. The van der Waals surface area contributed by atoms with Gasteiger partial charge in [-0.05, 0) is 37.5 Å². The molecule has 0 aliphatic carbocycles. The maximum absolute atomic E-state index is 12.4. The summed E-state index contributed by atoms with van der Waals surface area (Å²) in [5.74, 6) is 1.36. The van der Waals surface area contributed by atoms with E-state index in [9.17, 15) is 9.59 Å². The molecule has 1 N–H and O–H groups in total. The summed E-state index contributed by atoms with van der Waals surface area (Å²) in [7, 11) is 0. The van der Waals surface area contributed by atoms with Crippen LogP contribution in [0.15, 0.2) is 18.2 Å². The molecule has 0 spiro atoms. The van der Waals surface area contributed by atoms with Crippen LogP contribution in [0.1, 0.15) is 38.7 Å². The number of nitrogens with one attached hydrogen (secondary N) is 1. The van der Waals surface area contributed by atoms with Crippen LogP contribution in [0.3, 0.4) is 0 Å². The van der Waals surface area contributed by atoms with Gasteiger partial charge in [-0.2, -0.15) is 0 Å². The van der Waals surface area contributed by atoms with E-state index in [0.717, 1.165) is 12.0 Å². The Balaban J connectivity index is 1.71. The quantitative estimate of drug-likeness (QED) is 0.899. The van der Waals surface area contributed by atoms with E-state index in [1.54, 1.807) is 4.90 Å². The number of carbonyl (C=O) groups is 2. The number of benzene rings is 1. The summed E-state index contributed by atoms with van der Waals surface area (Å²) in [6.45, 7) is 4.63. The van der Waals surface area contributed by atoms with Crippen LogP contribution in [0.25, 0.3) is 0 Å². The van der Waals surface area contributed by atoms with Gasteiger partial charge in [0, 0.05) is 19.0 Å². The number of nitrogens with zero attached hydrogens (tertiary/aromatic N) is 1. The second-order valence-corrected chi connectivity index (χ2v) is 6.08. The molecule has 1 saturated heterocycles. The fourth-order valence-electron chi connectivity index (χ4n) is 2.88. The molecule has 3 rings (SSSR count). The Hall–Kier alpha value is -2.24. The lowest BCUT2D eigenvalue weighted by atomic mass is 10.1. The predicted molar refractivity (Wildman–Crippen MR) is 84.0 cm³/mol. The number of hydrogen-bond acceptors (Lipinski definition) is 4. The van der Waals surface area contributed by atoms with Gasteiger partial charge in [-0.25, -0.2) is 0 Å². The van der Waals surface area contributed by atoms with Crippen molar-refractivity contribution in [2.24, 2.45) is 0 Å². The van der Waals surface area contributed by atoms with Crippen LogP contribution >= 0.6 is 0 Å². The van der Waals surface area contributed by atoms with Crippen molar-refractivity contribution in [2.45, 2.75) is 51.7 Å². The van der Waals surface area contributed by atoms with E-state index in [2.05, 4.69) is 5.32 Å². The monoisotopic (exact) mass is 318 g/mol. The molecule has 2 amide bonds. The fraction of sp³-hybridized carbons (Fsp3) is 0.529. The van der Waals surface area contributed by atoms with Gasteiger partial charge in [0.25, 0.3) is 0 Å². The molecule has 1 aromatic carbocycles. The molecular formula is C17H22N2O4. The van der Waals surface area contributed by atoms with Crippen LogP contribution in [-0.4, -0.2) is 35.6 Å². The molecule has 2 heterocycles. The van der Waals surface area contributed by atoms with Crippen molar-refractivity contribution in [1.29, 1.82) is 0 Å². The standard InChI is InChI=1S/C17H22N2O4/c1-3-11(2)18-17(21)13-5-7-16(20)19(13)9-12-4-6-14-15(8-12)23-10-22-14/h4,6,8,11,13H,3,5,7,9-10H2,1-2H3,(H,18,21)/t11-,13+/m1/s1. The largest absolute Gasteiger partial charge is 0.454 e. The van der Waals surface area contributed by atoms with E-state index in [1.807, 2.05) is 32.0 Å². The lowest BCUT2D eigenvalue weighted by molar-refractivity contribution is -0.136. The second-order valence-electron chi connectivity index (χ2n) is 6.08. The molecule has 6 heteroatoms. The average molecular weight is 318 g/mol. The number of fused-ring (bicyclic) bond motifs is 1. The zero-order chi connectivity index (χ0) is 16.4. The molecule has 0 aromatic heterocycles. The summed E-state index contributed by atoms with van der Waals surface area (Å²) in [5.41, 5.74) is 0.936. The summed E-state index contributed by atoms with van der Waals surface area (Å²) < 4.78 is 10.7. The number of carbonyl (C=O) groups excluding carboxylic acids is 2. The highest BCUT2D eigenvalue weighted by Crippen LogP contribution is 2.33. The number of likely N-dealkylation sites (tertiary alicyclic amines) is 1. The van der Waals surface area contributed by atoms with Crippen molar-refractivity contribution in [3.8, 4) is 11.5 Å². The van der Waals surface area contributed by atoms with Crippen molar-refractivity contribution >= 4 is 11.8 Å². The second kappa shape index (κ2) is 6.48. The number of ether oxygens (including phenoxy) is 2. The Morgan fingerprint density at radius 2 is 2.17 bits per heavy atom. The average Bonchev–Trinajstić information content (AvgIpc) is 3.14. The molecule has 0 radical (unpaired) electrons. The molecule has 1 aromatic rings. The summed E-state index contributed by atoms with van der Waals surface area (Å²) in [5, 5.41) is 2.97. The molecule has 1 fully saturated rings. The van der Waals surface area contributed by atoms with Crippen LogP contribution in [-0.2, 0) is 16.1 Å². The van der Waals surface area contributed by atoms with Gasteiger partial charge in [0.15, 0.2) is 11.5 Å². The molecule has 0 bridgehead atoms. The molecule has 23 heavy (non-hydrogen) atoms. The van der Waals surface area contributed by atoms with Crippen LogP contribution < -0.4 is 14.8 Å².